The van der Waals surface area contributed by atoms with Gasteiger partial charge in [0.1, 0.15) is 0 Å². The summed E-state index contributed by atoms with van der Waals surface area (Å²) in [5, 5.41) is 3.31. The lowest BCUT2D eigenvalue weighted by molar-refractivity contribution is 0.262. The van der Waals surface area contributed by atoms with Crippen molar-refractivity contribution in [2.45, 2.75) is 56.9 Å². The molecule has 1 aromatic rings. The summed E-state index contributed by atoms with van der Waals surface area (Å²) in [6, 6.07) is 7.54. The number of nitrogens with zero attached hydrogens (tertiary/aromatic N) is 1. The summed E-state index contributed by atoms with van der Waals surface area (Å²) in [7, 11) is -3.41. The third-order valence-corrected chi connectivity index (χ3v) is 6.24. The van der Waals surface area contributed by atoms with Crippen molar-refractivity contribution in [2.75, 3.05) is 19.6 Å². The van der Waals surface area contributed by atoms with E-state index in [0.717, 1.165) is 37.9 Å². The number of piperidine rings is 1. The summed E-state index contributed by atoms with van der Waals surface area (Å²) in [5.74, 6) is 0.327. The molecular weight excluding hydrogens is 332 g/mol. The van der Waals surface area contributed by atoms with Crippen LogP contribution in [0.15, 0.2) is 29.2 Å². The highest BCUT2D eigenvalue weighted by Crippen LogP contribution is 2.25. The van der Waals surface area contributed by atoms with Gasteiger partial charge in [-0.2, -0.15) is 4.31 Å². The van der Waals surface area contributed by atoms with E-state index in [1.165, 1.54) is 0 Å². The third kappa shape index (κ3) is 4.92. The van der Waals surface area contributed by atoms with Gasteiger partial charge in [0.15, 0.2) is 0 Å². The van der Waals surface area contributed by atoms with Gasteiger partial charge in [-0.1, -0.05) is 32.9 Å². The minimum Gasteiger partial charge on any atom is -0.317 e. The number of benzene rings is 1. The smallest absolute Gasteiger partial charge is 0.243 e. The van der Waals surface area contributed by atoms with Gasteiger partial charge in [-0.15, -0.1) is 12.4 Å². The highest BCUT2D eigenvalue weighted by Gasteiger charge is 2.31. The van der Waals surface area contributed by atoms with Crippen LogP contribution < -0.4 is 5.32 Å². The third-order valence-electron chi connectivity index (χ3n) is 4.29. The molecule has 0 spiro atoms. The molecule has 1 heterocycles. The molecule has 0 radical (unpaired) electrons. The predicted molar refractivity (Wildman–Crippen MR) is 97.9 cm³/mol. The molecule has 1 aliphatic rings. The van der Waals surface area contributed by atoms with Gasteiger partial charge in [0.2, 0.25) is 10.0 Å². The van der Waals surface area contributed by atoms with Crippen LogP contribution in [0.1, 0.15) is 51.5 Å². The fraction of sp³-hybridized carbons (Fsp3) is 0.647. The summed E-state index contributed by atoms with van der Waals surface area (Å²) in [5.41, 5.74) is 1.07. The van der Waals surface area contributed by atoms with E-state index in [2.05, 4.69) is 19.2 Å². The number of rotatable bonds is 6. The van der Waals surface area contributed by atoms with Crippen molar-refractivity contribution < 1.29 is 8.42 Å². The van der Waals surface area contributed by atoms with Crippen LogP contribution in [-0.4, -0.2) is 38.4 Å². The fourth-order valence-corrected chi connectivity index (χ4v) is 4.82. The molecule has 1 aliphatic heterocycles. The van der Waals surface area contributed by atoms with Gasteiger partial charge in [0.25, 0.3) is 0 Å². The molecule has 0 bridgehead atoms. The van der Waals surface area contributed by atoms with Crippen molar-refractivity contribution in [3.63, 3.8) is 0 Å². The lowest BCUT2D eigenvalue weighted by atomic mass is 10.0. The van der Waals surface area contributed by atoms with E-state index in [1.807, 2.05) is 25.1 Å². The molecule has 1 fully saturated rings. The van der Waals surface area contributed by atoms with E-state index < -0.39 is 10.0 Å². The predicted octanol–water partition coefficient (Wildman–Crippen LogP) is 3.38. The monoisotopic (exact) mass is 360 g/mol. The van der Waals surface area contributed by atoms with Gasteiger partial charge in [-0.05, 0) is 56.0 Å². The summed E-state index contributed by atoms with van der Waals surface area (Å²) in [6.07, 6.45) is 2.62. The second-order valence-electron chi connectivity index (χ2n) is 6.32. The molecule has 1 N–H and O–H groups in total. The van der Waals surface area contributed by atoms with E-state index in [-0.39, 0.29) is 18.4 Å². The molecule has 0 atom stereocenters. The van der Waals surface area contributed by atoms with Gasteiger partial charge >= 0.3 is 0 Å². The Labute approximate surface area is 147 Å². The molecule has 1 aromatic carbocycles. The van der Waals surface area contributed by atoms with Gasteiger partial charge in [0, 0.05) is 12.6 Å². The average Bonchev–Trinajstić information content (AvgIpc) is 2.53. The Balaban J connectivity index is 0.00000264. The molecule has 0 aromatic heterocycles. The van der Waals surface area contributed by atoms with E-state index in [9.17, 15) is 8.42 Å². The van der Waals surface area contributed by atoms with Gasteiger partial charge in [-0.3, -0.25) is 0 Å². The van der Waals surface area contributed by atoms with Crippen molar-refractivity contribution in [1.29, 1.82) is 0 Å². The maximum atomic E-state index is 13.1. The van der Waals surface area contributed by atoms with E-state index >= 15 is 0 Å². The molecule has 0 saturated carbocycles. The Hall–Kier alpha value is -0.620. The summed E-state index contributed by atoms with van der Waals surface area (Å²) in [6.45, 7) is 8.59. The van der Waals surface area contributed by atoms with Crippen LogP contribution in [0.3, 0.4) is 0 Å². The van der Waals surface area contributed by atoms with Gasteiger partial charge in [-0.25, -0.2) is 8.42 Å². The first-order chi connectivity index (χ1) is 10.5. The Morgan fingerprint density at radius 2 is 1.91 bits per heavy atom. The van der Waals surface area contributed by atoms with Crippen LogP contribution in [0.25, 0.3) is 0 Å². The quantitative estimate of drug-likeness (QED) is 0.846. The molecule has 4 nitrogen and oxygen atoms in total. The van der Waals surface area contributed by atoms with Crippen LogP contribution in [0.4, 0.5) is 0 Å². The molecule has 0 aliphatic carbocycles. The Kier molecular flexibility index (Phi) is 8.01. The average molecular weight is 361 g/mol. The van der Waals surface area contributed by atoms with Crippen molar-refractivity contribution in [2.24, 2.45) is 0 Å². The van der Waals surface area contributed by atoms with Crippen molar-refractivity contribution >= 4 is 22.4 Å². The zero-order valence-corrected chi connectivity index (χ0v) is 15.9. The Bertz CT molecular complexity index is 584. The van der Waals surface area contributed by atoms with Crippen molar-refractivity contribution in [1.82, 2.24) is 9.62 Å². The molecule has 0 amide bonds. The topological polar surface area (TPSA) is 49.4 Å². The normalized spacial score (nSPS) is 16.6. The number of sulfonamides is 1. The summed E-state index contributed by atoms with van der Waals surface area (Å²) in [4.78, 5) is 0.436. The number of nitrogens with one attached hydrogen (secondary N) is 1. The second-order valence-corrected chi connectivity index (χ2v) is 8.21. The Morgan fingerprint density at radius 1 is 1.26 bits per heavy atom. The summed E-state index contributed by atoms with van der Waals surface area (Å²) >= 11 is 0. The molecule has 1 saturated heterocycles. The standard InChI is InChI=1S/C17H28N2O2S.ClH/c1-4-12-19(16-8-10-18-11-9-16)22(20,21)17-7-5-6-15(13-17)14(2)3;/h5-7,13-14,16,18H,4,8-12H2,1-3H3;1H. The van der Waals surface area contributed by atoms with Gasteiger partial charge < -0.3 is 5.32 Å². The molecule has 0 unspecified atom stereocenters. The van der Waals surface area contributed by atoms with Crippen LogP contribution in [0, 0.1) is 0 Å². The van der Waals surface area contributed by atoms with Crippen LogP contribution >= 0.6 is 12.4 Å². The number of hydrogen-bond donors (Lipinski definition) is 1. The first-order valence-electron chi connectivity index (χ1n) is 8.29. The lowest BCUT2D eigenvalue weighted by Crippen LogP contribution is -2.46. The van der Waals surface area contributed by atoms with Crippen molar-refractivity contribution in [3.05, 3.63) is 29.8 Å². The molecule has 132 valence electrons. The van der Waals surface area contributed by atoms with E-state index in [4.69, 9.17) is 0 Å². The second kappa shape index (κ2) is 9.02. The first-order valence-corrected chi connectivity index (χ1v) is 9.73. The zero-order valence-electron chi connectivity index (χ0n) is 14.3. The number of halogens is 1. The lowest BCUT2D eigenvalue weighted by Gasteiger charge is -2.33. The highest BCUT2D eigenvalue weighted by atomic mass is 35.5. The van der Waals surface area contributed by atoms with Crippen LogP contribution in [-0.2, 0) is 10.0 Å². The van der Waals surface area contributed by atoms with Crippen LogP contribution in [0.5, 0.6) is 0 Å². The van der Waals surface area contributed by atoms with E-state index in [1.54, 1.807) is 10.4 Å². The first kappa shape index (κ1) is 20.4. The van der Waals surface area contributed by atoms with Crippen LogP contribution in [0.2, 0.25) is 0 Å². The SMILES string of the molecule is CCCN(C1CCNCC1)S(=O)(=O)c1cccc(C(C)C)c1.Cl. The highest BCUT2D eigenvalue weighted by molar-refractivity contribution is 7.89. The summed E-state index contributed by atoms with van der Waals surface area (Å²) < 4.78 is 27.9. The van der Waals surface area contributed by atoms with Crippen molar-refractivity contribution in [3.8, 4) is 0 Å². The minimum absolute atomic E-state index is 0. The fourth-order valence-electron chi connectivity index (χ4n) is 2.98. The maximum absolute atomic E-state index is 13.1. The Morgan fingerprint density at radius 3 is 2.48 bits per heavy atom. The van der Waals surface area contributed by atoms with Gasteiger partial charge in [0.05, 0.1) is 4.90 Å². The zero-order chi connectivity index (χ0) is 16.2. The molecule has 23 heavy (non-hydrogen) atoms. The van der Waals surface area contributed by atoms with E-state index in [0.29, 0.717) is 17.4 Å². The molecule has 6 heteroatoms. The largest absolute Gasteiger partial charge is 0.317 e. The molecule has 2 rings (SSSR count). The minimum atomic E-state index is -3.41. The maximum Gasteiger partial charge on any atom is 0.243 e. The molecular formula is C17H29ClN2O2S. The number of hydrogen-bond acceptors (Lipinski definition) is 3.